The average molecular weight is 612 g/mol. The van der Waals surface area contributed by atoms with Crippen LogP contribution in [0.1, 0.15) is 31.2 Å². The number of halogens is 2. The number of anilines is 1. The van der Waals surface area contributed by atoms with E-state index in [9.17, 15) is 33.5 Å². The molecule has 0 radical (unpaired) electrons. The van der Waals surface area contributed by atoms with Crippen LogP contribution in [-0.2, 0) is 19.2 Å². The minimum atomic E-state index is -1.53. The van der Waals surface area contributed by atoms with E-state index in [1.165, 1.54) is 38.5 Å². The number of aromatic hydroxyl groups is 1. The number of nitrogens with two attached hydrogens (primary N) is 1. The first-order valence-electron chi connectivity index (χ1n) is 13.5. The number of carbonyl (C=O) groups excluding carboxylic acids is 5. The Kier molecular flexibility index (Phi) is 6.53. The van der Waals surface area contributed by atoms with Crippen LogP contribution in [0.4, 0.5) is 14.9 Å². The Bertz CT molecular complexity index is 1680. The Balaban J connectivity index is 1.58. The number of amides is 6. The van der Waals surface area contributed by atoms with Gasteiger partial charge in [0.25, 0.3) is 0 Å². The van der Waals surface area contributed by atoms with Crippen molar-refractivity contribution < 1.29 is 42.9 Å². The smallest absolute Gasteiger partial charge is 0.328 e. The first kappa shape index (κ1) is 28.7. The number of imide groups is 4. The summed E-state index contributed by atoms with van der Waals surface area (Å²) in [5, 5.41) is 11.1. The third-order valence-electron chi connectivity index (χ3n) is 9.49. The molecule has 4 aliphatic rings. The van der Waals surface area contributed by atoms with E-state index in [0.717, 1.165) is 11.0 Å². The predicted molar refractivity (Wildman–Crippen MR) is 149 cm³/mol. The van der Waals surface area contributed by atoms with Crippen molar-refractivity contribution in [3.63, 3.8) is 0 Å². The van der Waals surface area contributed by atoms with Gasteiger partial charge in [0, 0.05) is 23.6 Å². The zero-order chi connectivity index (χ0) is 31.1. The monoisotopic (exact) mass is 611 g/mol. The molecular formula is C30H27ClFN3O8. The molecule has 2 aliphatic heterocycles. The van der Waals surface area contributed by atoms with Crippen LogP contribution in [0.2, 0.25) is 5.02 Å². The van der Waals surface area contributed by atoms with Crippen LogP contribution < -0.4 is 20.1 Å². The van der Waals surface area contributed by atoms with Crippen molar-refractivity contribution in [2.24, 2.45) is 34.8 Å². The maximum atomic E-state index is 14.4. The number of ether oxygens (including phenoxy) is 2. The maximum Gasteiger partial charge on any atom is 0.328 e. The summed E-state index contributed by atoms with van der Waals surface area (Å²) >= 11 is 6.01. The van der Waals surface area contributed by atoms with Gasteiger partial charge in [-0.25, -0.2) is 14.1 Å². The largest absolute Gasteiger partial charge is 0.507 e. The van der Waals surface area contributed by atoms with Gasteiger partial charge in [-0.3, -0.25) is 19.2 Å². The van der Waals surface area contributed by atoms with Crippen molar-refractivity contribution in [2.45, 2.75) is 25.7 Å². The fourth-order valence-corrected chi connectivity index (χ4v) is 7.75. The zero-order valence-electron chi connectivity index (χ0n) is 23.3. The molecule has 3 N–H and O–H groups in total. The summed E-state index contributed by atoms with van der Waals surface area (Å²) in [5.74, 6) is -8.02. The summed E-state index contributed by atoms with van der Waals surface area (Å²) in [6.07, 6.45) is 1.80. The number of nitrogens with zero attached hydrogens (tertiary/aromatic N) is 2. The molecule has 0 spiro atoms. The molecule has 3 fully saturated rings. The second-order valence-electron chi connectivity index (χ2n) is 11.4. The summed E-state index contributed by atoms with van der Waals surface area (Å²) in [4.78, 5) is 68.6. The second-order valence-corrected chi connectivity index (χ2v) is 11.8. The van der Waals surface area contributed by atoms with Crippen LogP contribution in [0.15, 0.2) is 42.0 Å². The zero-order valence-corrected chi connectivity index (χ0v) is 24.1. The minimum Gasteiger partial charge on any atom is -0.507 e. The van der Waals surface area contributed by atoms with Gasteiger partial charge in [-0.1, -0.05) is 23.3 Å². The molecule has 2 aromatic rings. The van der Waals surface area contributed by atoms with Gasteiger partial charge < -0.3 is 20.3 Å². The highest BCUT2D eigenvalue weighted by Gasteiger charge is 2.68. The van der Waals surface area contributed by atoms with E-state index in [2.05, 4.69) is 0 Å². The Labute approximate surface area is 250 Å². The highest BCUT2D eigenvalue weighted by molar-refractivity contribution is 6.31. The molecule has 0 aromatic heterocycles. The van der Waals surface area contributed by atoms with Crippen molar-refractivity contribution in [1.29, 1.82) is 0 Å². The first-order valence-corrected chi connectivity index (χ1v) is 13.9. The van der Waals surface area contributed by atoms with Crippen LogP contribution in [-0.4, -0.2) is 53.9 Å². The number of phenolic OH excluding ortho intramolecular Hbond substituents is 1. The van der Waals surface area contributed by atoms with Gasteiger partial charge in [0.05, 0.1) is 48.1 Å². The van der Waals surface area contributed by atoms with Crippen LogP contribution in [0.3, 0.4) is 0 Å². The van der Waals surface area contributed by atoms with E-state index >= 15 is 0 Å². The van der Waals surface area contributed by atoms with E-state index < -0.39 is 70.5 Å². The number of urea groups is 1. The quantitative estimate of drug-likeness (QED) is 0.393. The first-order chi connectivity index (χ1) is 20.4. The van der Waals surface area contributed by atoms with E-state index in [0.29, 0.717) is 10.5 Å². The summed E-state index contributed by atoms with van der Waals surface area (Å²) in [6, 6.07) is 5.19. The number of methoxy groups -OCH3 is 2. The molecule has 6 atom stereocenters. The maximum absolute atomic E-state index is 14.4. The van der Waals surface area contributed by atoms with Crippen LogP contribution >= 0.6 is 11.6 Å². The normalized spacial score (nSPS) is 29.7. The van der Waals surface area contributed by atoms with Crippen molar-refractivity contribution in [1.82, 2.24) is 4.90 Å². The van der Waals surface area contributed by atoms with Crippen molar-refractivity contribution in [2.75, 3.05) is 19.1 Å². The molecule has 2 heterocycles. The van der Waals surface area contributed by atoms with E-state index in [-0.39, 0.29) is 46.4 Å². The molecule has 2 saturated heterocycles. The van der Waals surface area contributed by atoms with E-state index in [1.807, 2.05) is 0 Å². The fourth-order valence-electron chi connectivity index (χ4n) is 7.57. The number of likely N-dealkylation sites (tertiary alicyclic amines) is 1. The molecule has 0 bridgehead atoms. The van der Waals surface area contributed by atoms with Crippen molar-refractivity contribution in [3.8, 4) is 17.2 Å². The SMILES string of the molecule is COc1cc(O)c(C2C3=CCC4C(=O)N(C(N)=O)C(=O)C4C3CC3C(=O)N(c4ccc(F)c(Cl)c4)C(=O)C32C)c(OC)c1. The molecule has 2 aliphatic carbocycles. The number of fused-ring (bicyclic) bond motifs is 4. The molecule has 6 amide bonds. The van der Waals surface area contributed by atoms with E-state index in [1.54, 1.807) is 13.0 Å². The highest BCUT2D eigenvalue weighted by Crippen LogP contribution is 2.65. The molecule has 1 saturated carbocycles. The number of hydrogen-bond acceptors (Lipinski definition) is 8. The van der Waals surface area contributed by atoms with Crippen LogP contribution in [0, 0.1) is 34.9 Å². The topological polar surface area (TPSA) is 157 Å². The lowest BCUT2D eigenvalue weighted by Gasteiger charge is -2.49. The van der Waals surface area contributed by atoms with Crippen molar-refractivity contribution >= 4 is 46.9 Å². The molecule has 6 unspecified atom stereocenters. The predicted octanol–water partition coefficient (Wildman–Crippen LogP) is 3.51. The van der Waals surface area contributed by atoms with Crippen molar-refractivity contribution in [3.05, 3.63) is 58.4 Å². The van der Waals surface area contributed by atoms with Gasteiger partial charge in [-0.05, 0) is 43.9 Å². The fraction of sp³-hybridized carbons (Fsp3) is 0.367. The van der Waals surface area contributed by atoms with Crippen LogP contribution in [0.25, 0.3) is 0 Å². The third-order valence-corrected chi connectivity index (χ3v) is 9.78. The van der Waals surface area contributed by atoms with Gasteiger partial charge >= 0.3 is 6.03 Å². The van der Waals surface area contributed by atoms with Gasteiger partial charge in [0.1, 0.15) is 23.1 Å². The Morgan fingerprint density at radius 2 is 1.79 bits per heavy atom. The Morgan fingerprint density at radius 1 is 1.07 bits per heavy atom. The number of hydrogen-bond donors (Lipinski definition) is 2. The Hall–Kier alpha value is -4.45. The number of carbonyl (C=O) groups is 5. The average Bonchev–Trinajstić information content (AvgIpc) is 3.34. The second kappa shape index (κ2) is 9.80. The Morgan fingerprint density at radius 3 is 2.42 bits per heavy atom. The lowest BCUT2D eigenvalue weighted by molar-refractivity contribution is -0.136. The summed E-state index contributed by atoms with van der Waals surface area (Å²) in [5.41, 5.74) is 4.65. The summed E-state index contributed by atoms with van der Waals surface area (Å²) < 4.78 is 25.0. The van der Waals surface area contributed by atoms with E-state index in [4.69, 9.17) is 26.8 Å². The molecule has 2 aromatic carbocycles. The highest BCUT2D eigenvalue weighted by atomic mass is 35.5. The third kappa shape index (κ3) is 3.81. The molecule has 43 heavy (non-hydrogen) atoms. The molecule has 13 heteroatoms. The number of phenols is 1. The van der Waals surface area contributed by atoms with Crippen LogP contribution in [0.5, 0.6) is 17.2 Å². The minimum absolute atomic E-state index is 0.0130. The summed E-state index contributed by atoms with van der Waals surface area (Å²) in [6.45, 7) is 1.61. The molecule has 6 rings (SSSR count). The molecular weight excluding hydrogens is 585 g/mol. The standard InChI is InChI=1S/C30H27ClFN3O8/c1-30-17(26(38)34(28(30)40)12-4-7-19(32)18(31)8-12)11-16-14(5-6-15-22(16)27(39)35(25(15)37)29(33)41)24(30)23-20(36)9-13(42-2)10-21(23)43-3/h4-5,7-10,15-17,22,24,36H,6,11H2,1-3H3,(H2,33,41). The number of benzene rings is 2. The van der Waals surface area contributed by atoms with Gasteiger partial charge in [0.2, 0.25) is 23.6 Å². The number of rotatable bonds is 4. The number of allylic oxidation sites excluding steroid dienone is 2. The summed E-state index contributed by atoms with van der Waals surface area (Å²) in [7, 11) is 2.78. The molecule has 224 valence electrons. The lowest BCUT2D eigenvalue weighted by Crippen LogP contribution is -2.49. The number of primary amides is 1. The molecule has 11 nitrogen and oxygen atoms in total. The lowest BCUT2D eigenvalue weighted by atomic mass is 9.51. The van der Waals surface area contributed by atoms with Gasteiger partial charge in [-0.2, -0.15) is 4.90 Å². The van der Waals surface area contributed by atoms with Gasteiger partial charge in [0.15, 0.2) is 0 Å². The van der Waals surface area contributed by atoms with Gasteiger partial charge in [-0.15, -0.1) is 0 Å².